The maximum atomic E-state index is 11.8. The van der Waals surface area contributed by atoms with Gasteiger partial charge in [-0.2, -0.15) is 0 Å². The molecule has 16 heavy (non-hydrogen) atoms. The fraction of sp³-hybridized carbons (Fsp3) is 0.462. The molecule has 1 aromatic rings. The van der Waals surface area contributed by atoms with Gasteiger partial charge in [0.25, 0.3) is 0 Å². The van der Waals surface area contributed by atoms with Crippen LogP contribution in [0.5, 0.6) is 0 Å². The van der Waals surface area contributed by atoms with Gasteiger partial charge in [-0.25, -0.2) is 0 Å². The quantitative estimate of drug-likeness (QED) is 0.803. The molecular formula is C13H17NOS. The van der Waals surface area contributed by atoms with Crippen LogP contribution in [-0.4, -0.2) is 29.0 Å². The highest BCUT2D eigenvalue weighted by Crippen LogP contribution is 2.16. The summed E-state index contributed by atoms with van der Waals surface area (Å²) in [5.74, 6) is 0.841. The van der Waals surface area contributed by atoms with Crippen molar-refractivity contribution in [2.75, 3.05) is 19.0 Å². The second kappa shape index (κ2) is 6.06. The predicted octanol–water partition coefficient (Wildman–Crippen LogP) is 3.00. The van der Waals surface area contributed by atoms with Gasteiger partial charge in [-0.1, -0.05) is 48.5 Å². The van der Waals surface area contributed by atoms with Crippen molar-refractivity contribution in [1.29, 1.82) is 0 Å². The highest BCUT2D eigenvalue weighted by molar-refractivity contribution is 8.14. The third kappa shape index (κ3) is 3.35. The Morgan fingerprint density at radius 2 is 1.81 bits per heavy atom. The van der Waals surface area contributed by atoms with Crippen molar-refractivity contribution in [2.24, 2.45) is 0 Å². The van der Waals surface area contributed by atoms with E-state index in [0.29, 0.717) is 0 Å². The van der Waals surface area contributed by atoms with E-state index in [1.165, 1.54) is 31.0 Å². The first-order valence-corrected chi connectivity index (χ1v) is 6.79. The van der Waals surface area contributed by atoms with E-state index in [9.17, 15) is 4.79 Å². The normalized spacial score (nSPS) is 17.2. The summed E-state index contributed by atoms with van der Waals surface area (Å²) in [7, 11) is 0. The zero-order chi connectivity index (χ0) is 11.2. The van der Waals surface area contributed by atoms with E-state index in [2.05, 4.69) is 4.90 Å². The second-order valence-corrected chi connectivity index (χ2v) is 5.02. The Hall–Kier alpha value is -0.800. The summed E-state index contributed by atoms with van der Waals surface area (Å²) in [6.45, 7) is 2.30. The fourth-order valence-electron chi connectivity index (χ4n) is 1.90. The molecule has 0 saturated carbocycles. The van der Waals surface area contributed by atoms with Gasteiger partial charge in [-0.15, -0.1) is 0 Å². The molecule has 1 aliphatic rings. The standard InChI is InChI=1S/C13H17NOS/c15-13(12-7-3-1-4-8-12)16-11-14-9-5-2-6-10-14/h1,3-4,7-8H,2,5-6,9-11H2. The van der Waals surface area contributed by atoms with Crippen LogP contribution in [-0.2, 0) is 0 Å². The van der Waals surface area contributed by atoms with Crippen molar-refractivity contribution in [3.63, 3.8) is 0 Å². The van der Waals surface area contributed by atoms with Crippen molar-refractivity contribution in [1.82, 2.24) is 4.90 Å². The molecule has 2 rings (SSSR count). The van der Waals surface area contributed by atoms with Gasteiger partial charge in [0.2, 0.25) is 5.12 Å². The number of benzene rings is 1. The monoisotopic (exact) mass is 235 g/mol. The lowest BCUT2D eigenvalue weighted by molar-refractivity contribution is 0.108. The minimum atomic E-state index is 0.186. The molecule has 0 aliphatic carbocycles. The van der Waals surface area contributed by atoms with Crippen LogP contribution in [0.2, 0.25) is 0 Å². The maximum absolute atomic E-state index is 11.8. The fourth-order valence-corrected chi connectivity index (χ4v) is 2.76. The number of nitrogens with zero attached hydrogens (tertiary/aromatic N) is 1. The average molecular weight is 235 g/mol. The van der Waals surface area contributed by atoms with Crippen LogP contribution < -0.4 is 0 Å². The van der Waals surface area contributed by atoms with Gasteiger partial charge in [0.05, 0.1) is 5.88 Å². The van der Waals surface area contributed by atoms with Gasteiger partial charge in [0.1, 0.15) is 0 Å². The topological polar surface area (TPSA) is 20.3 Å². The smallest absolute Gasteiger partial charge is 0.220 e. The highest BCUT2D eigenvalue weighted by atomic mass is 32.2. The molecule has 1 aromatic carbocycles. The van der Waals surface area contributed by atoms with Gasteiger partial charge >= 0.3 is 0 Å². The third-order valence-corrected chi connectivity index (χ3v) is 3.83. The molecule has 0 atom stereocenters. The predicted molar refractivity (Wildman–Crippen MR) is 68.7 cm³/mol. The van der Waals surface area contributed by atoms with E-state index in [1.807, 2.05) is 30.3 Å². The Morgan fingerprint density at radius 3 is 2.50 bits per heavy atom. The molecule has 0 N–H and O–H groups in total. The molecule has 1 fully saturated rings. The van der Waals surface area contributed by atoms with Crippen molar-refractivity contribution >= 4 is 16.9 Å². The zero-order valence-corrected chi connectivity index (χ0v) is 10.2. The molecule has 1 saturated heterocycles. The number of hydrogen-bond donors (Lipinski definition) is 0. The van der Waals surface area contributed by atoms with E-state index in [0.717, 1.165) is 24.5 Å². The molecule has 86 valence electrons. The van der Waals surface area contributed by atoms with E-state index in [-0.39, 0.29) is 5.12 Å². The summed E-state index contributed by atoms with van der Waals surface area (Å²) in [6.07, 6.45) is 3.90. The molecule has 0 radical (unpaired) electrons. The van der Waals surface area contributed by atoms with Gasteiger partial charge < -0.3 is 0 Å². The minimum absolute atomic E-state index is 0.186. The number of thioether (sulfide) groups is 1. The molecule has 0 bridgehead atoms. The number of carbonyl (C=O) groups excluding carboxylic acids is 1. The van der Waals surface area contributed by atoms with Crippen molar-refractivity contribution in [3.8, 4) is 0 Å². The Labute approximate surface area is 101 Å². The number of hydrogen-bond acceptors (Lipinski definition) is 3. The van der Waals surface area contributed by atoms with Crippen LogP contribution in [0.25, 0.3) is 0 Å². The van der Waals surface area contributed by atoms with Gasteiger partial charge in [0, 0.05) is 5.56 Å². The minimum Gasteiger partial charge on any atom is -0.294 e. The largest absolute Gasteiger partial charge is 0.294 e. The Bertz CT molecular complexity index is 333. The molecule has 0 spiro atoms. The molecule has 3 heteroatoms. The van der Waals surface area contributed by atoms with Crippen LogP contribution in [0, 0.1) is 0 Å². The molecule has 1 heterocycles. The lowest BCUT2D eigenvalue weighted by Crippen LogP contribution is -2.29. The van der Waals surface area contributed by atoms with Gasteiger partial charge in [-0.05, 0) is 25.9 Å². The third-order valence-electron chi connectivity index (χ3n) is 2.84. The Morgan fingerprint density at radius 1 is 1.12 bits per heavy atom. The summed E-state index contributed by atoms with van der Waals surface area (Å²) in [6, 6.07) is 9.52. The SMILES string of the molecule is O=C(SCN1CCCCC1)c1ccccc1. The molecule has 1 aliphatic heterocycles. The summed E-state index contributed by atoms with van der Waals surface area (Å²) in [5.41, 5.74) is 0.810. The van der Waals surface area contributed by atoms with Crippen LogP contribution in [0.1, 0.15) is 29.6 Å². The number of rotatable bonds is 3. The van der Waals surface area contributed by atoms with Crippen LogP contribution >= 0.6 is 11.8 Å². The average Bonchev–Trinajstić information content (AvgIpc) is 2.38. The van der Waals surface area contributed by atoms with E-state index in [4.69, 9.17) is 0 Å². The lowest BCUT2D eigenvalue weighted by Gasteiger charge is -2.25. The first-order chi connectivity index (χ1) is 7.86. The van der Waals surface area contributed by atoms with Crippen molar-refractivity contribution in [3.05, 3.63) is 35.9 Å². The van der Waals surface area contributed by atoms with E-state index < -0.39 is 0 Å². The first-order valence-electron chi connectivity index (χ1n) is 5.81. The zero-order valence-electron chi connectivity index (χ0n) is 9.39. The van der Waals surface area contributed by atoms with Crippen LogP contribution in [0.4, 0.5) is 0 Å². The first kappa shape index (κ1) is 11.7. The maximum Gasteiger partial charge on any atom is 0.220 e. The Balaban J connectivity index is 1.79. The van der Waals surface area contributed by atoms with Crippen LogP contribution in [0.3, 0.4) is 0 Å². The van der Waals surface area contributed by atoms with Crippen molar-refractivity contribution < 1.29 is 4.79 Å². The van der Waals surface area contributed by atoms with Crippen molar-refractivity contribution in [2.45, 2.75) is 19.3 Å². The number of likely N-dealkylation sites (tertiary alicyclic amines) is 1. The molecule has 0 aromatic heterocycles. The van der Waals surface area contributed by atoms with E-state index in [1.54, 1.807) is 0 Å². The lowest BCUT2D eigenvalue weighted by atomic mass is 10.1. The summed E-state index contributed by atoms with van der Waals surface area (Å²) < 4.78 is 0. The highest BCUT2D eigenvalue weighted by Gasteiger charge is 2.12. The van der Waals surface area contributed by atoms with E-state index >= 15 is 0 Å². The summed E-state index contributed by atoms with van der Waals surface area (Å²) in [5, 5.41) is 0.186. The van der Waals surface area contributed by atoms with Gasteiger partial charge in [-0.3, -0.25) is 9.69 Å². The summed E-state index contributed by atoms with van der Waals surface area (Å²) >= 11 is 1.42. The molecule has 2 nitrogen and oxygen atoms in total. The van der Waals surface area contributed by atoms with Gasteiger partial charge in [0.15, 0.2) is 0 Å². The van der Waals surface area contributed by atoms with Crippen LogP contribution in [0.15, 0.2) is 30.3 Å². The molecule has 0 unspecified atom stereocenters. The number of carbonyl (C=O) groups is 1. The number of piperidine rings is 1. The molecular weight excluding hydrogens is 218 g/mol. The Kier molecular flexibility index (Phi) is 4.43. The molecule has 0 amide bonds. The summed E-state index contributed by atoms with van der Waals surface area (Å²) in [4.78, 5) is 14.2. The second-order valence-electron chi connectivity index (χ2n) is 4.11.